The summed E-state index contributed by atoms with van der Waals surface area (Å²) in [7, 11) is 0. The van der Waals surface area contributed by atoms with Gasteiger partial charge in [0.25, 0.3) is 11.8 Å². The molecule has 0 bridgehead atoms. The highest BCUT2D eigenvalue weighted by atomic mass is 19.1. The van der Waals surface area contributed by atoms with Gasteiger partial charge in [0.2, 0.25) is 0 Å². The Labute approximate surface area is 128 Å². The van der Waals surface area contributed by atoms with E-state index in [9.17, 15) is 19.1 Å². The van der Waals surface area contributed by atoms with Crippen LogP contribution in [-0.4, -0.2) is 23.0 Å². The quantitative estimate of drug-likeness (QED) is 0.726. The zero-order valence-electron chi connectivity index (χ0n) is 12.5. The third kappa shape index (κ3) is 3.63. The number of carbonyl (C=O) groups is 2. The molecule has 118 valence electrons. The molecule has 1 aromatic carbocycles. The first-order valence-corrected chi connectivity index (χ1v) is 7.15. The summed E-state index contributed by atoms with van der Waals surface area (Å²) < 4.78 is 12.8. The molecule has 0 fully saturated rings. The van der Waals surface area contributed by atoms with Crippen LogP contribution in [0.2, 0.25) is 0 Å². The topological polar surface area (TPSA) is 78.4 Å². The first kappa shape index (κ1) is 16.0. The molecule has 3 N–H and O–H groups in total. The number of carbonyl (C=O) groups excluding carboxylic acids is 2. The Morgan fingerprint density at radius 3 is 2.59 bits per heavy atom. The minimum absolute atomic E-state index is 0.151. The predicted molar refractivity (Wildman–Crippen MR) is 79.3 cm³/mol. The molecule has 0 spiro atoms. The highest BCUT2D eigenvalue weighted by Crippen LogP contribution is 2.20. The summed E-state index contributed by atoms with van der Waals surface area (Å²) in [6.07, 6.45) is 0.562. The van der Waals surface area contributed by atoms with E-state index in [1.165, 1.54) is 12.1 Å². The number of rotatable bonds is 5. The number of hydrogen-bond donors (Lipinski definition) is 3. The second-order valence-corrected chi connectivity index (χ2v) is 5.72. The largest absolute Gasteiger partial charge is 0.509 e. The Bertz CT molecular complexity index is 608. The minimum Gasteiger partial charge on any atom is -0.509 e. The highest BCUT2D eigenvalue weighted by molar-refractivity contribution is 6.20. The van der Waals surface area contributed by atoms with Crippen LogP contribution in [0.5, 0.6) is 0 Å². The van der Waals surface area contributed by atoms with E-state index in [-0.39, 0.29) is 29.6 Å². The molecular formula is C16H19FN2O3. The van der Waals surface area contributed by atoms with Crippen molar-refractivity contribution in [2.45, 2.75) is 32.9 Å². The van der Waals surface area contributed by atoms with Crippen molar-refractivity contribution < 1.29 is 19.1 Å². The number of halogens is 1. The van der Waals surface area contributed by atoms with Crippen molar-refractivity contribution in [3.8, 4) is 0 Å². The number of nitrogens with one attached hydrogen (secondary N) is 2. The molecule has 1 heterocycles. The van der Waals surface area contributed by atoms with Gasteiger partial charge in [0.1, 0.15) is 17.1 Å². The molecule has 2 rings (SSSR count). The van der Waals surface area contributed by atoms with E-state index in [0.29, 0.717) is 12.0 Å². The molecule has 1 unspecified atom stereocenters. The van der Waals surface area contributed by atoms with Gasteiger partial charge in [-0.3, -0.25) is 9.59 Å². The highest BCUT2D eigenvalue weighted by Gasteiger charge is 2.35. The second kappa shape index (κ2) is 6.60. The van der Waals surface area contributed by atoms with Crippen LogP contribution in [0.15, 0.2) is 35.6 Å². The fourth-order valence-corrected chi connectivity index (χ4v) is 2.32. The average molecular weight is 306 g/mol. The normalized spacial score (nSPS) is 17.8. The van der Waals surface area contributed by atoms with Crippen LogP contribution in [-0.2, 0) is 16.1 Å². The van der Waals surface area contributed by atoms with Gasteiger partial charge in [-0.15, -0.1) is 0 Å². The van der Waals surface area contributed by atoms with Crippen LogP contribution in [0.4, 0.5) is 4.39 Å². The summed E-state index contributed by atoms with van der Waals surface area (Å²) in [5.74, 6) is -1.50. The van der Waals surface area contributed by atoms with Gasteiger partial charge in [0.15, 0.2) is 0 Å². The molecule has 0 aromatic heterocycles. The fourth-order valence-electron chi connectivity index (χ4n) is 2.32. The molecule has 1 atom stereocenters. The van der Waals surface area contributed by atoms with Gasteiger partial charge >= 0.3 is 0 Å². The second-order valence-electron chi connectivity index (χ2n) is 5.72. The van der Waals surface area contributed by atoms with Crippen molar-refractivity contribution >= 4 is 11.8 Å². The molecule has 0 aliphatic carbocycles. The lowest BCUT2D eigenvalue weighted by Gasteiger charge is -2.12. The Hall–Kier alpha value is -2.37. The molecule has 0 radical (unpaired) electrons. The van der Waals surface area contributed by atoms with Crippen LogP contribution in [0, 0.1) is 11.7 Å². The number of aliphatic hydroxyl groups is 1. The average Bonchev–Trinajstić information content (AvgIpc) is 2.72. The lowest BCUT2D eigenvalue weighted by molar-refractivity contribution is -0.123. The molecule has 1 aliphatic heterocycles. The SMILES string of the molecule is CC(C)CC1NC(=O)C(C(=O)NCc2ccc(F)cc2)=C1O. The van der Waals surface area contributed by atoms with E-state index >= 15 is 0 Å². The predicted octanol–water partition coefficient (Wildman–Crippen LogP) is 1.80. The molecule has 0 saturated heterocycles. The fraction of sp³-hybridized carbons (Fsp3) is 0.375. The summed E-state index contributed by atoms with van der Waals surface area (Å²) >= 11 is 0. The zero-order valence-corrected chi connectivity index (χ0v) is 12.5. The zero-order chi connectivity index (χ0) is 16.3. The molecule has 1 aliphatic rings. The summed E-state index contributed by atoms with van der Waals surface area (Å²) in [6, 6.07) is 5.15. The van der Waals surface area contributed by atoms with Gasteiger partial charge in [-0.2, -0.15) is 0 Å². The maximum atomic E-state index is 12.8. The van der Waals surface area contributed by atoms with Gasteiger partial charge in [0, 0.05) is 6.54 Å². The van der Waals surface area contributed by atoms with Gasteiger partial charge in [-0.1, -0.05) is 26.0 Å². The van der Waals surface area contributed by atoms with Crippen LogP contribution in [0.1, 0.15) is 25.8 Å². The van der Waals surface area contributed by atoms with Crippen LogP contribution >= 0.6 is 0 Å². The first-order valence-electron chi connectivity index (χ1n) is 7.15. The lowest BCUT2D eigenvalue weighted by atomic mass is 10.0. The molecule has 22 heavy (non-hydrogen) atoms. The summed E-state index contributed by atoms with van der Waals surface area (Å²) in [5.41, 5.74) is 0.458. The molecule has 2 amide bonds. The monoisotopic (exact) mass is 306 g/mol. The number of amides is 2. The van der Waals surface area contributed by atoms with E-state index in [4.69, 9.17) is 0 Å². The van der Waals surface area contributed by atoms with Gasteiger partial charge < -0.3 is 15.7 Å². The summed E-state index contributed by atoms with van der Waals surface area (Å²) in [4.78, 5) is 23.9. The summed E-state index contributed by atoms with van der Waals surface area (Å²) in [5, 5.41) is 15.2. The smallest absolute Gasteiger partial charge is 0.261 e. The molecule has 5 nitrogen and oxygen atoms in total. The van der Waals surface area contributed by atoms with Gasteiger partial charge in [-0.25, -0.2) is 4.39 Å². The maximum Gasteiger partial charge on any atom is 0.261 e. The van der Waals surface area contributed by atoms with Gasteiger partial charge in [-0.05, 0) is 30.0 Å². The maximum absolute atomic E-state index is 12.8. The minimum atomic E-state index is -0.634. The third-order valence-corrected chi connectivity index (χ3v) is 3.42. The van der Waals surface area contributed by atoms with E-state index in [2.05, 4.69) is 10.6 Å². The first-order chi connectivity index (χ1) is 10.4. The van der Waals surface area contributed by atoms with Crippen molar-refractivity contribution in [1.29, 1.82) is 0 Å². The van der Waals surface area contributed by atoms with Crippen molar-refractivity contribution in [2.24, 2.45) is 5.92 Å². The summed E-state index contributed by atoms with van der Waals surface area (Å²) in [6.45, 7) is 4.08. The number of benzene rings is 1. The number of aliphatic hydroxyl groups excluding tert-OH is 1. The van der Waals surface area contributed by atoms with E-state index < -0.39 is 17.9 Å². The van der Waals surface area contributed by atoms with E-state index in [1.807, 2.05) is 13.8 Å². The molecule has 1 aromatic rings. The van der Waals surface area contributed by atoms with Crippen molar-refractivity contribution in [1.82, 2.24) is 10.6 Å². The third-order valence-electron chi connectivity index (χ3n) is 3.42. The standard InChI is InChI=1S/C16H19FN2O3/c1-9(2)7-12-14(20)13(16(22)19-12)15(21)18-8-10-3-5-11(17)6-4-10/h3-6,9,12,20H,7-8H2,1-2H3,(H,18,21)(H,19,22). The molecule has 0 saturated carbocycles. The Balaban J connectivity index is 2.03. The van der Waals surface area contributed by atoms with Crippen LogP contribution < -0.4 is 10.6 Å². The van der Waals surface area contributed by atoms with Crippen molar-refractivity contribution in [2.75, 3.05) is 0 Å². The lowest BCUT2D eigenvalue weighted by Crippen LogP contribution is -2.32. The van der Waals surface area contributed by atoms with E-state index in [1.54, 1.807) is 12.1 Å². The Morgan fingerprint density at radius 2 is 2.00 bits per heavy atom. The van der Waals surface area contributed by atoms with Crippen LogP contribution in [0.25, 0.3) is 0 Å². The van der Waals surface area contributed by atoms with Crippen molar-refractivity contribution in [3.05, 3.63) is 47.0 Å². The Morgan fingerprint density at radius 1 is 1.36 bits per heavy atom. The van der Waals surface area contributed by atoms with Crippen LogP contribution in [0.3, 0.4) is 0 Å². The van der Waals surface area contributed by atoms with E-state index in [0.717, 1.165) is 0 Å². The van der Waals surface area contributed by atoms with Gasteiger partial charge in [0.05, 0.1) is 6.04 Å². The Kier molecular flexibility index (Phi) is 4.80. The molecular weight excluding hydrogens is 287 g/mol. The van der Waals surface area contributed by atoms with Crippen molar-refractivity contribution in [3.63, 3.8) is 0 Å². The number of hydrogen-bond acceptors (Lipinski definition) is 3. The molecule has 6 heteroatoms.